The highest BCUT2D eigenvalue weighted by Gasteiger charge is 2.14. The van der Waals surface area contributed by atoms with E-state index in [1.807, 2.05) is 30.3 Å². The van der Waals surface area contributed by atoms with Crippen LogP contribution in [-0.4, -0.2) is 9.97 Å². The molecule has 0 aliphatic heterocycles. The predicted molar refractivity (Wildman–Crippen MR) is 103 cm³/mol. The Morgan fingerprint density at radius 1 is 0.600 bits per heavy atom. The maximum Gasteiger partial charge on any atom is 0.222 e. The van der Waals surface area contributed by atoms with E-state index in [0.717, 1.165) is 22.4 Å². The minimum Gasteiger partial charge on any atom is -0.226 e. The highest BCUT2D eigenvalue weighted by molar-refractivity contribution is 6.28. The van der Waals surface area contributed by atoms with E-state index in [9.17, 15) is 0 Å². The molecule has 0 atom stereocenters. The average Bonchev–Trinajstić information content (AvgIpc) is 2.69. The van der Waals surface area contributed by atoms with Crippen LogP contribution in [0.1, 0.15) is 0 Å². The van der Waals surface area contributed by atoms with E-state index in [1.165, 1.54) is 11.1 Å². The van der Waals surface area contributed by atoms with Gasteiger partial charge in [0.1, 0.15) is 0 Å². The van der Waals surface area contributed by atoms with E-state index in [4.69, 9.17) is 11.6 Å². The van der Waals surface area contributed by atoms with Crippen LogP contribution in [-0.2, 0) is 0 Å². The topological polar surface area (TPSA) is 25.8 Å². The molecular weight excluding hydrogens is 328 g/mol. The largest absolute Gasteiger partial charge is 0.226 e. The molecular formula is C22H15ClN2. The molecule has 0 bridgehead atoms. The van der Waals surface area contributed by atoms with Crippen molar-refractivity contribution >= 4 is 11.6 Å². The summed E-state index contributed by atoms with van der Waals surface area (Å²) in [6.07, 6.45) is 1.69. The minimum absolute atomic E-state index is 0.252. The van der Waals surface area contributed by atoms with E-state index in [2.05, 4.69) is 64.6 Å². The van der Waals surface area contributed by atoms with Gasteiger partial charge >= 0.3 is 0 Å². The van der Waals surface area contributed by atoms with Gasteiger partial charge in [0.2, 0.25) is 5.28 Å². The third-order valence-electron chi connectivity index (χ3n) is 4.11. The van der Waals surface area contributed by atoms with Gasteiger partial charge in [0.25, 0.3) is 0 Å². The van der Waals surface area contributed by atoms with Crippen LogP contribution in [0.5, 0.6) is 0 Å². The molecule has 0 radical (unpaired) electrons. The van der Waals surface area contributed by atoms with E-state index < -0.39 is 0 Å². The second-order valence-corrected chi connectivity index (χ2v) is 6.01. The maximum atomic E-state index is 6.03. The second kappa shape index (κ2) is 6.88. The quantitative estimate of drug-likeness (QED) is 0.418. The van der Waals surface area contributed by atoms with E-state index >= 15 is 0 Å². The number of halogens is 1. The molecule has 0 unspecified atom stereocenters. The normalized spacial score (nSPS) is 10.6. The molecule has 1 heterocycles. The van der Waals surface area contributed by atoms with Crippen molar-refractivity contribution in [1.82, 2.24) is 9.97 Å². The lowest BCUT2D eigenvalue weighted by molar-refractivity contribution is 1.17. The van der Waals surface area contributed by atoms with Gasteiger partial charge in [-0.25, -0.2) is 9.97 Å². The Hall–Kier alpha value is -2.97. The molecule has 0 amide bonds. The van der Waals surface area contributed by atoms with Crippen molar-refractivity contribution < 1.29 is 0 Å². The van der Waals surface area contributed by atoms with Gasteiger partial charge in [0.15, 0.2) is 0 Å². The lowest BCUT2D eigenvalue weighted by atomic mass is 9.89. The summed E-state index contributed by atoms with van der Waals surface area (Å²) < 4.78 is 0. The van der Waals surface area contributed by atoms with Crippen LogP contribution < -0.4 is 0 Å². The zero-order valence-corrected chi connectivity index (χ0v) is 14.2. The predicted octanol–water partition coefficient (Wildman–Crippen LogP) is 6.13. The standard InChI is InChI=1S/C22H15ClN2/c23-22-24-15-14-20(25-22)19-13-7-12-18(16-8-3-1-4-9-16)21(19)17-10-5-2-6-11-17/h1-15H. The summed E-state index contributed by atoms with van der Waals surface area (Å²) in [5, 5.41) is 0.252. The Morgan fingerprint density at radius 2 is 1.24 bits per heavy atom. The number of hydrogen-bond acceptors (Lipinski definition) is 2. The Morgan fingerprint density at radius 3 is 1.92 bits per heavy atom. The summed E-state index contributed by atoms with van der Waals surface area (Å²) in [7, 11) is 0. The molecule has 1 aromatic heterocycles. The van der Waals surface area contributed by atoms with Crippen LogP contribution in [0.4, 0.5) is 0 Å². The van der Waals surface area contributed by atoms with Gasteiger partial charge in [-0.15, -0.1) is 0 Å². The lowest BCUT2D eigenvalue weighted by Crippen LogP contribution is -1.93. The van der Waals surface area contributed by atoms with Crippen molar-refractivity contribution in [2.24, 2.45) is 0 Å². The Bertz CT molecular complexity index is 999. The maximum absolute atomic E-state index is 6.03. The van der Waals surface area contributed by atoms with Crippen molar-refractivity contribution in [3.8, 4) is 33.5 Å². The van der Waals surface area contributed by atoms with Gasteiger partial charge < -0.3 is 0 Å². The zero-order chi connectivity index (χ0) is 17.1. The van der Waals surface area contributed by atoms with Gasteiger partial charge in [-0.1, -0.05) is 78.9 Å². The molecule has 3 aromatic carbocycles. The molecule has 3 heteroatoms. The van der Waals surface area contributed by atoms with E-state index in [0.29, 0.717) is 0 Å². The summed E-state index contributed by atoms with van der Waals surface area (Å²) in [6, 6.07) is 28.9. The number of hydrogen-bond donors (Lipinski definition) is 0. The van der Waals surface area contributed by atoms with Crippen LogP contribution >= 0.6 is 11.6 Å². The van der Waals surface area contributed by atoms with Gasteiger partial charge in [-0.05, 0) is 39.9 Å². The van der Waals surface area contributed by atoms with Crippen LogP contribution in [0, 0.1) is 0 Å². The van der Waals surface area contributed by atoms with E-state index in [-0.39, 0.29) is 5.28 Å². The average molecular weight is 343 g/mol. The summed E-state index contributed by atoms with van der Waals surface area (Å²) in [5.41, 5.74) is 6.48. The molecule has 0 fully saturated rings. The first-order valence-corrected chi connectivity index (χ1v) is 8.43. The monoisotopic (exact) mass is 342 g/mol. The first kappa shape index (κ1) is 15.6. The van der Waals surface area contributed by atoms with Gasteiger partial charge in [-0.2, -0.15) is 0 Å². The SMILES string of the molecule is Clc1nccc(-c2cccc(-c3ccccc3)c2-c2ccccc2)n1. The number of rotatable bonds is 3. The van der Waals surface area contributed by atoms with Crippen molar-refractivity contribution in [2.45, 2.75) is 0 Å². The number of benzene rings is 3. The Balaban J connectivity index is 2.02. The first-order valence-electron chi connectivity index (χ1n) is 8.06. The van der Waals surface area contributed by atoms with Crippen molar-refractivity contribution in [1.29, 1.82) is 0 Å². The van der Waals surface area contributed by atoms with Crippen molar-refractivity contribution in [3.05, 3.63) is 96.4 Å². The Kier molecular flexibility index (Phi) is 4.28. The number of aromatic nitrogens is 2. The zero-order valence-electron chi connectivity index (χ0n) is 13.4. The van der Waals surface area contributed by atoms with Crippen LogP contribution in [0.15, 0.2) is 91.1 Å². The van der Waals surface area contributed by atoms with Crippen molar-refractivity contribution in [2.75, 3.05) is 0 Å². The highest BCUT2D eigenvalue weighted by atomic mass is 35.5. The third kappa shape index (κ3) is 3.17. The number of nitrogens with zero attached hydrogens (tertiary/aromatic N) is 2. The Labute approximate surface area is 151 Å². The van der Waals surface area contributed by atoms with Crippen molar-refractivity contribution in [3.63, 3.8) is 0 Å². The molecule has 120 valence electrons. The fraction of sp³-hybridized carbons (Fsp3) is 0. The molecule has 0 N–H and O–H groups in total. The van der Waals surface area contributed by atoms with Gasteiger partial charge in [0.05, 0.1) is 5.69 Å². The molecule has 0 saturated carbocycles. The molecule has 0 aliphatic rings. The fourth-order valence-electron chi connectivity index (χ4n) is 3.02. The summed E-state index contributed by atoms with van der Waals surface area (Å²) in [4.78, 5) is 8.42. The first-order chi connectivity index (χ1) is 12.3. The highest BCUT2D eigenvalue weighted by Crippen LogP contribution is 2.39. The molecule has 25 heavy (non-hydrogen) atoms. The molecule has 0 aliphatic carbocycles. The summed E-state index contributed by atoms with van der Waals surface area (Å²) in [5.74, 6) is 0. The second-order valence-electron chi connectivity index (χ2n) is 5.67. The van der Waals surface area contributed by atoms with Crippen LogP contribution in [0.25, 0.3) is 33.5 Å². The van der Waals surface area contributed by atoms with E-state index in [1.54, 1.807) is 6.20 Å². The molecule has 0 spiro atoms. The minimum atomic E-state index is 0.252. The fourth-order valence-corrected chi connectivity index (χ4v) is 3.17. The summed E-state index contributed by atoms with van der Waals surface area (Å²) >= 11 is 6.03. The summed E-state index contributed by atoms with van der Waals surface area (Å²) in [6.45, 7) is 0. The molecule has 4 rings (SSSR count). The van der Waals surface area contributed by atoms with Gasteiger partial charge in [0, 0.05) is 11.8 Å². The third-order valence-corrected chi connectivity index (χ3v) is 4.30. The molecule has 0 saturated heterocycles. The van der Waals surface area contributed by atoms with Crippen LogP contribution in [0.3, 0.4) is 0 Å². The lowest BCUT2D eigenvalue weighted by Gasteiger charge is -2.15. The van der Waals surface area contributed by atoms with Crippen LogP contribution in [0.2, 0.25) is 5.28 Å². The van der Waals surface area contributed by atoms with Gasteiger partial charge in [-0.3, -0.25) is 0 Å². The smallest absolute Gasteiger partial charge is 0.222 e. The molecule has 4 aromatic rings. The molecule has 2 nitrogen and oxygen atoms in total.